The summed E-state index contributed by atoms with van der Waals surface area (Å²) in [6, 6.07) is -0.739. The van der Waals surface area contributed by atoms with E-state index >= 15 is 0 Å². The summed E-state index contributed by atoms with van der Waals surface area (Å²) >= 11 is 0. The topological polar surface area (TPSA) is 55.8 Å². The quantitative estimate of drug-likeness (QED) is 0.448. The fourth-order valence-electron chi connectivity index (χ4n) is 2.09. The maximum atomic E-state index is 12.0. The Bertz CT molecular complexity index is 455. The summed E-state index contributed by atoms with van der Waals surface area (Å²) in [5.41, 5.74) is -0.670. The van der Waals surface area contributed by atoms with Crippen LogP contribution in [0.25, 0.3) is 0 Å². The summed E-state index contributed by atoms with van der Waals surface area (Å²) in [6.45, 7) is 5.40. The Balaban J connectivity index is 2.45. The molecule has 5 nitrogen and oxygen atoms in total. The number of allylic oxidation sites excluding steroid dienone is 1. The molecule has 1 fully saturated rings. The Morgan fingerprint density at radius 2 is 1.91 bits per heavy atom. The molecule has 0 spiro atoms. The van der Waals surface area contributed by atoms with Crippen molar-refractivity contribution in [3.8, 4) is 0 Å². The lowest BCUT2D eigenvalue weighted by atomic mass is 10.2. The number of likely N-dealkylation sites (tertiary alicyclic amines) is 1. The van der Waals surface area contributed by atoms with E-state index in [2.05, 4.69) is 0 Å². The number of alkyl halides is 3. The van der Waals surface area contributed by atoms with E-state index in [0.717, 1.165) is 6.08 Å². The van der Waals surface area contributed by atoms with Crippen molar-refractivity contribution < 1.29 is 32.2 Å². The fourth-order valence-corrected chi connectivity index (χ4v) is 2.09. The molecule has 0 aromatic heterocycles. The minimum atomic E-state index is -4.37. The number of ether oxygens (including phenoxy) is 2. The molecule has 8 heteroatoms. The molecule has 0 bridgehead atoms. The van der Waals surface area contributed by atoms with E-state index < -0.39 is 29.9 Å². The van der Waals surface area contributed by atoms with Gasteiger partial charge in [-0.15, -0.1) is 0 Å². The van der Waals surface area contributed by atoms with Crippen molar-refractivity contribution >= 4 is 12.1 Å². The maximum absolute atomic E-state index is 12.0. The van der Waals surface area contributed by atoms with Gasteiger partial charge in [-0.1, -0.05) is 6.08 Å². The van der Waals surface area contributed by atoms with Crippen molar-refractivity contribution in [1.82, 2.24) is 4.90 Å². The third-order valence-corrected chi connectivity index (χ3v) is 2.99. The molecule has 1 rings (SSSR count). The normalized spacial score (nSPS) is 19.2. The molecule has 0 aliphatic carbocycles. The number of rotatable bonds is 4. The van der Waals surface area contributed by atoms with Gasteiger partial charge in [0.15, 0.2) is 0 Å². The summed E-state index contributed by atoms with van der Waals surface area (Å²) in [5.74, 6) is -0.617. The highest BCUT2D eigenvalue weighted by molar-refractivity contribution is 5.82. The lowest BCUT2D eigenvalue weighted by Crippen LogP contribution is -2.44. The van der Waals surface area contributed by atoms with Crippen molar-refractivity contribution in [1.29, 1.82) is 0 Å². The van der Waals surface area contributed by atoms with Gasteiger partial charge in [-0.25, -0.2) is 9.59 Å². The van der Waals surface area contributed by atoms with Gasteiger partial charge in [0, 0.05) is 12.6 Å². The average molecular weight is 337 g/mol. The van der Waals surface area contributed by atoms with Gasteiger partial charge in [0.25, 0.3) is 0 Å². The largest absolute Gasteiger partial charge is 0.464 e. The fraction of sp³-hybridized carbons (Fsp3) is 0.733. The standard InChI is InChI=1S/C15H22F3NO4/c1-14(2,3)23-13(21)19-9-6-7-11(19)12(20)22-10-5-4-8-15(16,17)18/h4,8,11H,5-7,9-10H2,1-3H3/b8-4-. The Labute approximate surface area is 133 Å². The van der Waals surface area contributed by atoms with Gasteiger partial charge in [0.05, 0.1) is 6.61 Å². The number of hydrogen-bond acceptors (Lipinski definition) is 4. The highest BCUT2D eigenvalue weighted by Gasteiger charge is 2.37. The van der Waals surface area contributed by atoms with Gasteiger partial charge in [0.2, 0.25) is 0 Å². The number of halogens is 3. The zero-order valence-electron chi connectivity index (χ0n) is 13.5. The zero-order chi connectivity index (χ0) is 17.7. The van der Waals surface area contributed by atoms with Crippen LogP contribution < -0.4 is 0 Å². The SMILES string of the molecule is CC(C)(C)OC(=O)N1CCCC1C(=O)OCC/C=C\C(F)(F)F. The molecule has 0 radical (unpaired) electrons. The molecule has 0 N–H and O–H groups in total. The van der Waals surface area contributed by atoms with Crippen LogP contribution in [0, 0.1) is 0 Å². The molecule has 23 heavy (non-hydrogen) atoms. The Morgan fingerprint density at radius 1 is 1.26 bits per heavy atom. The third-order valence-electron chi connectivity index (χ3n) is 2.99. The first kappa shape index (κ1) is 19.3. The van der Waals surface area contributed by atoms with Crippen molar-refractivity contribution in [3.63, 3.8) is 0 Å². The molecular formula is C15H22F3NO4. The van der Waals surface area contributed by atoms with Crippen molar-refractivity contribution in [2.45, 2.75) is 57.9 Å². The van der Waals surface area contributed by atoms with E-state index in [4.69, 9.17) is 9.47 Å². The van der Waals surface area contributed by atoms with Gasteiger partial charge in [-0.3, -0.25) is 4.90 Å². The number of esters is 1. The summed E-state index contributed by atoms with van der Waals surface area (Å²) in [5, 5.41) is 0. The molecule has 1 atom stereocenters. The van der Waals surface area contributed by atoms with Gasteiger partial charge in [0.1, 0.15) is 11.6 Å². The molecule has 1 amide bonds. The molecule has 0 aromatic carbocycles. The lowest BCUT2D eigenvalue weighted by molar-refractivity contribution is -0.148. The van der Waals surface area contributed by atoms with Crippen LogP contribution in [0.3, 0.4) is 0 Å². The van der Waals surface area contributed by atoms with Crippen molar-refractivity contribution in [2.75, 3.05) is 13.2 Å². The molecule has 1 aliphatic rings. The summed E-state index contributed by atoms with van der Waals surface area (Å²) in [7, 11) is 0. The van der Waals surface area contributed by atoms with Crippen LogP contribution in [0.4, 0.5) is 18.0 Å². The van der Waals surface area contributed by atoms with E-state index in [1.165, 1.54) is 4.90 Å². The molecule has 1 aliphatic heterocycles. The molecule has 132 valence electrons. The van der Waals surface area contributed by atoms with E-state index in [-0.39, 0.29) is 19.1 Å². The second-order valence-electron chi connectivity index (χ2n) is 6.23. The zero-order valence-corrected chi connectivity index (χ0v) is 13.5. The molecule has 0 saturated carbocycles. The maximum Gasteiger partial charge on any atom is 0.411 e. The number of carbonyl (C=O) groups excluding carboxylic acids is 2. The van der Waals surface area contributed by atoms with Crippen molar-refractivity contribution in [3.05, 3.63) is 12.2 Å². The van der Waals surface area contributed by atoms with Gasteiger partial charge in [-0.05, 0) is 40.0 Å². The van der Waals surface area contributed by atoms with Gasteiger partial charge in [-0.2, -0.15) is 13.2 Å². The summed E-state index contributed by atoms with van der Waals surface area (Å²) in [4.78, 5) is 25.3. The van der Waals surface area contributed by atoms with Crippen LogP contribution in [0.5, 0.6) is 0 Å². The summed E-state index contributed by atoms with van der Waals surface area (Å²) < 4.78 is 45.9. The first-order valence-corrected chi connectivity index (χ1v) is 7.40. The molecular weight excluding hydrogens is 315 g/mol. The van der Waals surface area contributed by atoms with E-state index in [9.17, 15) is 22.8 Å². The highest BCUT2D eigenvalue weighted by atomic mass is 19.4. The Kier molecular flexibility index (Phi) is 6.47. The predicted molar refractivity (Wildman–Crippen MR) is 76.7 cm³/mol. The summed E-state index contributed by atoms with van der Waals surface area (Å²) in [6.07, 6.45) is -2.90. The average Bonchev–Trinajstić information content (AvgIpc) is 2.83. The minimum absolute atomic E-state index is 0.0373. The van der Waals surface area contributed by atoms with Crippen LogP contribution in [0.2, 0.25) is 0 Å². The van der Waals surface area contributed by atoms with Crippen LogP contribution in [0.15, 0.2) is 12.2 Å². The smallest absolute Gasteiger partial charge is 0.411 e. The van der Waals surface area contributed by atoms with E-state index in [1.807, 2.05) is 0 Å². The third kappa shape index (κ3) is 7.38. The first-order valence-electron chi connectivity index (χ1n) is 7.40. The van der Waals surface area contributed by atoms with Crippen LogP contribution in [-0.4, -0.2) is 47.9 Å². The Hall–Kier alpha value is -1.73. The number of hydrogen-bond donors (Lipinski definition) is 0. The predicted octanol–water partition coefficient (Wildman–Crippen LogP) is 3.44. The monoisotopic (exact) mass is 337 g/mol. The second kappa shape index (κ2) is 7.70. The molecule has 1 unspecified atom stereocenters. The minimum Gasteiger partial charge on any atom is -0.464 e. The van der Waals surface area contributed by atoms with Crippen LogP contribution in [0.1, 0.15) is 40.0 Å². The molecule has 0 aromatic rings. The Morgan fingerprint density at radius 3 is 2.48 bits per heavy atom. The second-order valence-corrected chi connectivity index (χ2v) is 6.23. The van der Waals surface area contributed by atoms with E-state index in [1.54, 1.807) is 20.8 Å². The van der Waals surface area contributed by atoms with Gasteiger partial charge < -0.3 is 9.47 Å². The molecule has 1 saturated heterocycles. The first-order chi connectivity index (χ1) is 10.5. The molecule has 1 heterocycles. The van der Waals surface area contributed by atoms with E-state index in [0.29, 0.717) is 19.4 Å². The lowest BCUT2D eigenvalue weighted by Gasteiger charge is -2.27. The van der Waals surface area contributed by atoms with Crippen molar-refractivity contribution in [2.24, 2.45) is 0 Å². The highest BCUT2D eigenvalue weighted by Crippen LogP contribution is 2.22. The number of amides is 1. The van der Waals surface area contributed by atoms with Crippen LogP contribution >= 0.6 is 0 Å². The number of nitrogens with zero attached hydrogens (tertiary/aromatic N) is 1. The van der Waals surface area contributed by atoms with Crippen LogP contribution in [-0.2, 0) is 14.3 Å². The number of carbonyl (C=O) groups is 2. The van der Waals surface area contributed by atoms with Gasteiger partial charge >= 0.3 is 18.2 Å².